The minimum Gasteiger partial charge on any atom is -0.481 e. The van der Waals surface area contributed by atoms with Crippen LogP contribution in [0.25, 0.3) is 0 Å². The molecule has 0 saturated heterocycles. The second-order valence-electron chi connectivity index (χ2n) is 2.67. The summed E-state index contributed by atoms with van der Waals surface area (Å²) >= 11 is 0. The Balaban J connectivity index is 2.68. The van der Waals surface area contributed by atoms with E-state index in [1.165, 1.54) is 6.07 Å². The number of hydrogen-bond acceptors (Lipinski definition) is 1. The van der Waals surface area contributed by atoms with E-state index in [9.17, 15) is 17.6 Å². The molecular formula is C9H7F4O. The molecule has 0 aromatic heterocycles. The Morgan fingerprint density at radius 2 is 1.93 bits per heavy atom. The van der Waals surface area contributed by atoms with Crippen molar-refractivity contribution in [3.8, 4) is 5.75 Å². The molecule has 0 bridgehead atoms. The zero-order valence-corrected chi connectivity index (χ0v) is 7.07. The average molecular weight is 207 g/mol. The van der Waals surface area contributed by atoms with E-state index in [0.717, 1.165) is 12.1 Å². The molecule has 0 spiro atoms. The first-order valence-electron chi connectivity index (χ1n) is 3.69. The zero-order valence-electron chi connectivity index (χ0n) is 7.07. The highest BCUT2D eigenvalue weighted by molar-refractivity contribution is 5.30. The summed E-state index contributed by atoms with van der Waals surface area (Å²) in [4.78, 5) is 0. The summed E-state index contributed by atoms with van der Waals surface area (Å²) in [7, 11) is 0. The van der Waals surface area contributed by atoms with Crippen molar-refractivity contribution >= 4 is 0 Å². The lowest BCUT2D eigenvalue weighted by atomic mass is 10.2. The molecule has 0 unspecified atom stereocenters. The fraction of sp³-hybridized carbons (Fsp3) is 0.222. The van der Waals surface area contributed by atoms with Gasteiger partial charge in [-0.25, -0.2) is 4.39 Å². The summed E-state index contributed by atoms with van der Waals surface area (Å²) in [5.74, 6) is -1.27. The number of rotatable bonds is 2. The number of hydrogen-bond donors (Lipinski definition) is 0. The van der Waals surface area contributed by atoms with Gasteiger partial charge in [0.2, 0.25) is 0 Å². The summed E-state index contributed by atoms with van der Waals surface area (Å²) in [6, 6.07) is 3.49. The minimum atomic E-state index is -4.46. The van der Waals surface area contributed by atoms with Crippen molar-refractivity contribution in [3.63, 3.8) is 0 Å². The standard InChI is InChI=1S/C9H7F4O/c1-6-2-3-8(7(10)4-6)14-5-9(11,12)13/h2-4H,1,5H2. The van der Waals surface area contributed by atoms with Crippen molar-refractivity contribution in [2.75, 3.05) is 6.61 Å². The molecule has 1 aromatic rings. The molecule has 14 heavy (non-hydrogen) atoms. The fourth-order valence-corrected chi connectivity index (χ4v) is 0.821. The van der Waals surface area contributed by atoms with Crippen LogP contribution in [0.3, 0.4) is 0 Å². The van der Waals surface area contributed by atoms with Crippen LogP contribution in [0.2, 0.25) is 0 Å². The molecule has 0 saturated carbocycles. The van der Waals surface area contributed by atoms with Crippen LogP contribution in [-0.2, 0) is 0 Å². The van der Waals surface area contributed by atoms with Gasteiger partial charge >= 0.3 is 6.18 Å². The van der Waals surface area contributed by atoms with Crippen LogP contribution in [0.1, 0.15) is 5.56 Å². The van der Waals surface area contributed by atoms with Crippen molar-refractivity contribution in [1.82, 2.24) is 0 Å². The van der Waals surface area contributed by atoms with E-state index < -0.39 is 24.3 Å². The Morgan fingerprint density at radius 1 is 1.29 bits per heavy atom. The lowest BCUT2D eigenvalue weighted by Gasteiger charge is -2.09. The SMILES string of the molecule is [CH2]c1ccc(OCC(F)(F)F)c(F)c1. The first kappa shape index (κ1) is 10.8. The summed E-state index contributed by atoms with van der Waals surface area (Å²) in [5, 5.41) is 0. The Bertz CT molecular complexity index is 319. The van der Waals surface area contributed by atoms with Gasteiger partial charge in [0.25, 0.3) is 0 Å². The van der Waals surface area contributed by atoms with E-state index in [-0.39, 0.29) is 0 Å². The van der Waals surface area contributed by atoms with Gasteiger partial charge in [-0.05, 0) is 24.6 Å². The maximum absolute atomic E-state index is 12.9. The molecule has 0 fully saturated rings. The molecule has 0 heterocycles. The predicted molar refractivity (Wildman–Crippen MR) is 42.4 cm³/mol. The first-order valence-corrected chi connectivity index (χ1v) is 3.69. The highest BCUT2D eigenvalue weighted by atomic mass is 19.4. The molecular weight excluding hydrogens is 200 g/mol. The first-order chi connectivity index (χ1) is 6.38. The van der Waals surface area contributed by atoms with Crippen LogP contribution in [0.15, 0.2) is 18.2 Å². The largest absolute Gasteiger partial charge is 0.481 e. The summed E-state index contributed by atoms with van der Waals surface area (Å²) in [5.41, 5.74) is 0.377. The van der Waals surface area contributed by atoms with Crippen LogP contribution >= 0.6 is 0 Å². The van der Waals surface area contributed by atoms with Crippen LogP contribution in [0.4, 0.5) is 17.6 Å². The number of halogens is 4. The van der Waals surface area contributed by atoms with Gasteiger partial charge < -0.3 is 4.74 Å². The Labute approximate surface area is 78.3 Å². The third-order valence-electron chi connectivity index (χ3n) is 1.39. The van der Waals surface area contributed by atoms with E-state index in [1.807, 2.05) is 0 Å². The summed E-state index contributed by atoms with van der Waals surface area (Å²) < 4.78 is 52.2. The normalized spacial score (nSPS) is 11.5. The van der Waals surface area contributed by atoms with Crippen molar-refractivity contribution in [2.24, 2.45) is 0 Å². The summed E-state index contributed by atoms with van der Waals surface area (Å²) in [6.45, 7) is 1.91. The molecule has 5 heteroatoms. The van der Waals surface area contributed by atoms with Gasteiger partial charge in [0.05, 0.1) is 0 Å². The van der Waals surface area contributed by atoms with E-state index in [4.69, 9.17) is 0 Å². The molecule has 1 rings (SSSR count). The van der Waals surface area contributed by atoms with Gasteiger partial charge in [0.15, 0.2) is 18.2 Å². The molecule has 1 nitrogen and oxygen atoms in total. The van der Waals surface area contributed by atoms with Gasteiger partial charge in [-0.2, -0.15) is 13.2 Å². The van der Waals surface area contributed by atoms with E-state index in [1.54, 1.807) is 0 Å². The number of ether oxygens (including phenoxy) is 1. The quantitative estimate of drug-likeness (QED) is 0.677. The zero-order chi connectivity index (χ0) is 10.8. The average Bonchev–Trinajstić information content (AvgIpc) is 2.00. The van der Waals surface area contributed by atoms with Crippen molar-refractivity contribution in [1.29, 1.82) is 0 Å². The molecule has 77 valence electrons. The molecule has 0 atom stereocenters. The highest BCUT2D eigenvalue weighted by Gasteiger charge is 2.28. The number of alkyl halides is 3. The molecule has 0 aliphatic rings. The van der Waals surface area contributed by atoms with Gasteiger partial charge in [0.1, 0.15) is 0 Å². The second kappa shape index (κ2) is 3.86. The highest BCUT2D eigenvalue weighted by Crippen LogP contribution is 2.21. The van der Waals surface area contributed by atoms with E-state index in [2.05, 4.69) is 11.7 Å². The smallest absolute Gasteiger partial charge is 0.422 e. The van der Waals surface area contributed by atoms with Crippen molar-refractivity contribution < 1.29 is 22.3 Å². The third-order valence-corrected chi connectivity index (χ3v) is 1.39. The monoisotopic (exact) mass is 207 g/mol. The topological polar surface area (TPSA) is 9.23 Å². The Morgan fingerprint density at radius 3 is 2.43 bits per heavy atom. The summed E-state index contributed by atoms with van der Waals surface area (Å²) in [6.07, 6.45) is -4.46. The lowest BCUT2D eigenvalue weighted by Crippen LogP contribution is -2.19. The van der Waals surface area contributed by atoms with Gasteiger partial charge in [-0.1, -0.05) is 6.07 Å². The second-order valence-corrected chi connectivity index (χ2v) is 2.67. The minimum absolute atomic E-state index is 0.377. The third kappa shape index (κ3) is 3.24. The fourth-order valence-electron chi connectivity index (χ4n) is 0.821. The maximum atomic E-state index is 12.9. The molecule has 1 aromatic carbocycles. The predicted octanol–water partition coefficient (Wildman–Crippen LogP) is 2.95. The van der Waals surface area contributed by atoms with Crippen molar-refractivity contribution in [2.45, 2.75) is 6.18 Å². The molecule has 1 radical (unpaired) electrons. The molecule has 0 aliphatic heterocycles. The van der Waals surface area contributed by atoms with Crippen LogP contribution in [-0.4, -0.2) is 12.8 Å². The van der Waals surface area contributed by atoms with Crippen molar-refractivity contribution in [3.05, 3.63) is 36.5 Å². The Kier molecular flexibility index (Phi) is 2.98. The van der Waals surface area contributed by atoms with Gasteiger partial charge in [0, 0.05) is 0 Å². The molecule has 0 N–H and O–H groups in total. The van der Waals surface area contributed by atoms with Crippen LogP contribution < -0.4 is 4.74 Å². The van der Waals surface area contributed by atoms with Gasteiger partial charge in [-0.3, -0.25) is 0 Å². The van der Waals surface area contributed by atoms with E-state index in [0.29, 0.717) is 5.56 Å². The maximum Gasteiger partial charge on any atom is 0.422 e. The molecule has 0 aliphatic carbocycles. The van der Waals surface area contributed by atoms with E-state index >= 15 is 0 Å². The van der Waals surface area contributed by atoms with Crippen LogP contribution in [0, 0.1) is 12.7 Å². The molecule has 0 amide bonds. The van der Waals surface area contributed by atoms with Crippen LogP contribution in [0.5, 0.6) is 5.75 Å². The Hall–Kier alpha value is -1.26. The number of benzene rings is 1. The van der Waals surface area contributed by atoms with Gasteiger partial charge in [-0.15, -0.1) is 0 Å². The lowest BCUT2D eigenvalue weighted by molar-refractivity contribution is -0.153.